The van der Waals surface area contributed by atoms with Gasteiger partial charge in [-0.3, -0.25) is 4.90 Å². The minimum Gasteiger partial charge on any atom is -0.395 e. The lowest BCUT2D eigenvalue weighted by Gasteiger charge is -2.19. The molecule has 20 heavy (non-hydrogen) atoms. The Balaban J connectivity index is 2.94. The minimum absolute atomic E-state index is 0.0519. The van der Waals surface area contributed by atoms with Gasteiger partial charge in [0, 0.05) is 20.8 Å². The first-order valence-electron chi connectivity index (χ1n) is 5.93. The summed E-state index contributed by atoms with van der Waals surface area (Å²) in [5.41, 5.74) is 0. The molecule has 1 aromatic heterocycles. The van der Waals surface area contributed by atoms with Crippen molar-refractivity contribution in [2.75, 3.05) is 63.1 Å². The summed E-state index contributed by atoms with van der Waals surface area (Å²) < 4.78 is 9.83. The third kappa shape index (κ3) is 5.09. The molecule has 1 rings (SSSR count). The summed E-state index contributed by atoms with van der Waals surface area (Å²) in [4.78, 5) is 13.8. The predicted octanol–water partition coefficient (Wildman–Crippen LogP) is -1.35. The van der Waals surface area contributed by atoms with Crippen LogP contribution in [0.4, 0.5) is 17.8 Å². The minimum atomic E-state index is -0.305. The number of aliphatic hydroxyl groups is 2. The molecule has 0 aliphatic rings. The first-order valence-corrected chi connectivity index (χ1v) is 5.93. The molecule has 0 spiro atoms. The molecule has 0 aromatic carbocycles. The number of hydrogen-bond donors (Lipinski definition) is 4. The smallest absolute Gasteiger partial charge is 0.235 e. The summed E-state index contributed by atoms with van der Waals surface area (Å²) in [5.74, 6) is 0.799. The van der Waals surface area contributed by atoms with E-state index < -0.39 is 0 Å². The topological polar surface area (TPSA) is 125 Å². The highest BCUT2D eigenvalue weighted by atomic mass is 16.5. The number of rotatable bonds is 10. The van der Waals surface area contributed by atoms with E-state index in [0.29, 0.717) is 6.54 Å². The van der Waals surface area contributed by atoms with Crippen molar-refractivity contribution >= 4 is 17.8 Å². The number of aromatic nitrogens is 3. The SMILES string of the molecule is COCNc1nc(NCCO)nc(N(CO)COC)n1. The highest BCUT2D eigenvalue weighted by molar-refractivity contribution is 5.43. The van der Waals surface area contributed by atoms with Crippen LogP contribution in [0.25, 0.3) is 0 Å². The van der Waals surface area contributed by atoms with Gasteiger partial charge in [0.1, 0.15) is 20.2 Å². The van der Waals surface area contributed by atoms with E-state index in [-0.39, 0.29) is 44.6 Å². The van der Waals surface area contributed by atoms with Gasteiger partial charge in [0.25, 0.3) is 0 Å². The van der Waals surface area contributed by atoms with Crippen LogP contribution in [0.3, 0.4) is 0 Å². The Bertz CT molecular complexity index is 368. The monoisotopic (exact) mass is 288 g/mol. The summed E-state index contributed by atoms with van der Waals surface area (Å²) >= 11 is 0. The molecule has 10 nitrogen and oxygen atoms in total. The van der Waals surface area contributed by atoms with E-state index in [1.165, 1.54) is 19.1 Å². The molecular formula is C10H20N6O4. The van der Waals surface area contributed by atoms with Gasteiger partial charge < -0.3 is 30.3 Å². The molecule has 0 atom stereocenters. The van der Waals surface area contributed by atoms with Crippen molar-refractivity contribution < 1.29 is 19.7 Å². The van der Waals surface area contributed by atoms with Gasteiger partial charge in [-0.2, -0.15) is 15.0 Å². The molecule has 0 saturated heterocycles. The zero-order valence-corrected chi connectivity index (χ0v) is 11.5. The number of anilines is 3. The molecular weight excluding hydrogens is 268 g/mol. The molecule has 0 aliphatic heterocycles. The Hall–Kier alpha value is -1.75. The predicted molar refractivity (Wildman–Crippen MR) is 72.3 cm³/mol. The van der Waals surface area contributed by atoms with Crippen molar-refractivity contribution in [3.8, 4) is 0 Å². The van der Waals surface area contributed by atoms with Crippen LogP contribution >= 0.6 is 0 Å². The Labute approximate surface area is 116 Å². The average Bonchev–Trinajstić information content (AvgIpc) is 2.48. The van der Waals surface area contributed by atoms with Crippen LogP contribution in [0, 0.1) is 0 Å². The number of aliphatic hydroxyl groups excluding tert-OH is 2. The molecule has 0 bridgehead atoms. The van der Waals surface area contributed by atoms with Gasteiger partial charge in [0.15, 0.2) is 0 Å². The van der Waals surface area contributed by atoms with Crippen LogP contribution < -0.4 is 15.5 Å². The van der Waals surface area contributed by atoms with Crippen molar-refractivity contribution in [1.29, 1.82) is 0 Å². The zero-order valence-electron chi connectivity index (χ0n) is 11.5. The summed E-state index contributed by atoms with van der Waals surface area (Å²) in [6.45, 7) is 0.303. The largest absolute Gasteiger partial charge is 0.395 e. The zero-order chi connectivity index (χ0) is 14.8. The molecule has 0 fully saturated rings. The number of hydrogen-bond acceptors (Lipinski definition) is 10. The second-order valence-electron chi connectivity index (χ2n) is 3.64. The van der Waals surface area contributed by atoms with E-state index >= 15 is 0 Å². The van der Waals surface area contributed by atoms with E-state index in [1.807, 2.05) is 0 Å². The maximum Gasteiger partial charge on any atom is 0.235 e. The molecule has 0 aliphatic carbocycles. The van der Waals surface area contributed by atoms with Gasteiger partial charge in [-0.25, -0.2) is 0 Å². The second kappa shape index (κ2) is 9.20. The van der Waals surface area contributed by atoms with Crippen LogP contribution in [0.2, 0.25) is 0 Å². The summed E-state index contributed by atoms with van der Waals surface area (Å²) in [6, 6.07) is 0. The number of methoxy groups -OCH3 is 2. The van der Waals surface area contributed by atoms with Crippen molar-refractivity contribution in [3.63, 3.8) is 0 Å². The lowest BCUT2D eigenvalue weighted by molar-refractivity contribution is 0.166. The molecule has 4 N–H and O–H groups in total. The summed E-state index contributed by atoms with van der Waals surface area (Å²) in [5, 5.41) is 23.8. The number of ether oxygens (including phenoxy) is 2. The molecule has 114 valence electrons. The van der Waals surface area contributed by atoms with Crippen LogP contribution in [0.5, 0.6) is 0 Å². The fraction of sp³-hybridized carbons (Fsp3) is 0.700. The van der Waals surface area contributed by atoms with Gasteiger partial charge in [0.2, 0.25) is 17.8 Å². The second-order valence-corrected chi connectivity index (χ2v) is 3.64. The van der Waals surface area contributed by atoms with Crippen LogP contribution in [-0.2, 0) is 9.47 Å². The maximum absolute atomic E-state index is 9.28. The molecule has 0 amide bonds. The molecule has 0 unspecified atom stereocenters. The first-order chi connectivity index (χ1) is 9.74. The molecule has 0 saturated carbocycles. The fourth-order valence-electron chi connectivity index (χ4n) is 1.29. The normalized spacial score (nSPS) is 10.4. The highest BCUT2D eigenvalue weighted by Gasteiger charge is 2.12. The molecule has 0 radical (unpaired) electrons. The summed E-state index contributed by atoms with van der Waals surface area (Å²) in [6.07, 6.45) is 0. The van der Waals surface area contributed by atoms with Crippen LogP contribution in [0.1, 0.15) is 0 Å². The first kappa shape index (κ1) is 16.3. The molecule has 10 heteroatoms. The molecule has 1 aromatic rings. The Morgan fingerprint density at radius 2 is 1.75 bits per heavy atom. The average molecular weight is 288 g/mol. The van der Waals surface area contributed by atoms with Crippen molar-refractivity contribution in [2.24, 2.45) is 0 Å². The van der Waals surface area contributed by atoms with E-state index in [0.717, 1.165) is 0 Å². The quantitative estimate of drug-likeness (QED) is 0.384. The number of nitrogens with zero attached hydrogens (tertiary/aromatic N) is 4. The lowest BCUT2D eigenvalue weighted by atomic mass is 10.6. The Morgan fingerprint density at radius 3 is 2.30 bits per heavy atom. The van der Waals surface area contributed by atoms with Gasteiger partial charge in [-0.15, -0.1) is 0 Å². The van der Waals surface area contributed by atoms with Crippen molar-refractivity contribution in [3.05, 3.63) is 0 Å². The van der Waals surface area contributed by atoms with E-state index in [4.69, 9.17) is 14.6 Å². The fourth-order valence-corrected chi connectivity index (χ4v) is 1.29. The Morgan fingerprint density at radius 1 is 1.05 bits per heavy atom. The van der Waals surface area contributed by atoms with E-state index in [2.05, 4.69) is 25.6 Å². The standard InChI is InChI=1S/C10H20N6O4/c1-19-5-12-9-13-8(11-3-4-17)14-10(15-9)16(6-18)7-20-2/h17-18H,3-7H2,1-2H3,(H2,11,12,13,14,15). The van der Waals surface area contributed by atoms with E-state index in [1.54, 1.807) is 0 Å². The van der Waals surface area contributed by atoms with Crippen molar-refractivity contribution in [2.45, 2.75) is 0 Å². The van der Waals surface area contributed by atoms with Gasteiger partial charge in [-0.05, 0) is 0 Å². The van der Waals surface area contributed by atoms with Gasteiger partial charge in [0.05, 0.1) is 6.61 Å². The third-order valence-corrected chi connectivity index (χ3v) is 2.13. The third-order valence-electron chi connectivity index (χ3n) is 2.13. The summed E-state index contributed by atoms with van der Waals surface area (Å²) in [7, 11) is 3.03. The number of nitrogens with one attached hydrogen (secondary N) is 2. The maximum atomic E-state index is 9.28. The highest BCUT2D eigenvalue weighted by Crippen LogP contribution is 2.13. The lowest BCUT2D eigenvalue weighted by Crippen LogP contribution is -2.29. The van der Waals surface area contributed by atoms with Gasteiger partial charge >= 0.3 is 0 Å². The van der Waals surface area contributed by atoms with Crippen LogP contribution in [0.15, 0.2) is 0 Å². The van der Waals surface area contributed by atoms with E-state index in [9.17, 15) is 5.11 Å². The van der Waals surface area contributed by atoms with Crippen molar-refractivity contribution in [1.82, 2.24) is 15.0 Å². The Kier molecular flexibility index (Phi) is 7.50. The molecule has 1 heterocycles. The van der Waals surface area contributed by atoms with Crippen LogP contribution in [-0.4, -0.2) is 72.7 Å². The van der Waals surface area contributed by atoms with Gasteiger partial charge in [-0.1, -0.05) is 0 Å².